The lowest BCUT2D eigenvalue weighted by molar-refractivity contribution is -0.123. The van der Waals surface area contributed by atoms with Crippen molar-refractivity contribution in [2.75, 3.05) is 6.61 Å². The van der Waals surface area contributed by atoms with Crippen molar-refractivity contribution in [1.82, 2.24) is 5.32 Å². The van der Waals surface area contributed by atoms with Crippen LogP contribution < -0.4 is 10.1 Å². The topological polar surface area (TPSA) is 38.3 Å². The summed E-state index contributed by atoms with van der Waals surface area (Å²) in [6.45, 7) is 5.67. The van der Waals surface area contributed by atoms with Crippen LogP contribution in [0.25, 0.3) is 0 Å². The first kappa shape index (κ1) is 14.5. The lowest BCUT2D eigenvalue weighted by atomic mass is 10.2. The fourth-order valence-electron chi connectivity index (χ4n) is 1.62. The minimum Gasteiger partial charge on any atom is -0.484 e. The first-order chi connectivity index (χ1) is 8.56. The number of nitrogens with one attached hydrogen (secondary N) is 1. The van der Waals surface area contributed by atoms with Gasteiger partial charge < -0.3 is 10.1 Å². The number of amides is 1. The molecule has 1 aromatic carbocycles. The molecule has 0 aliphatic heterocycles. The zero-order valence-electron chi connectivity index (χ0n) is 11.1. The van der Waals surface area contributed by atoms with Crippen LogP contribution in [-0.4, -0.2) is 18.6 Å². The third-order valence-electron chi connectivity index (χ3n) is 2.85. The van der Waals surface area contributed by atoms with Crippen molar-refractivity contribution >= 4 is 5.91 Å². The number of hydrogen-bond donors (Lipinski definition) is 1. The van der Waals surface area contributed by atoms with Gasteiger partial charge in [-0.05, 0) is 43.5 Å². The quantitative estimate of drug-likeness (QED) is 0.846. The Balaban J connectivity index is 2.44. The van der Waals surface area contributed by atoms with E-state index in [0.717, 1.165) is 12.8 Å². The number of hydrogen-bond acceptors (Lipinski definition) is 2. The van der Waals surface area contributed by atoms with Crippen LogP contribution in [0.4, 0.5) is 4.39 Å². The molecular weight excluding hydrogens is 233 g/mol. The molecule has 1 amide bonds. The summed E-state index contributed by atoms with van der Waals surface area (Å²) in [6, 6.07) is 4.63. The molecule has 0 radical (unpaired) electrons. The van der Waals surface area contributed by atoms with Crippen LogP contribution >= 0.6 is 0 Å². The summed E-state index contributed by atoms with van der Waals surface area (Å²) < 4.78 is 18.3. The van der Waals surface area contributed by atoms with Gasteiger partial charge in [0.25, 0.3) is 5.91 Å². The molecule has 0 aromatic heterocycles. The van der Waals surface area contributed by atoms with E-state index in [0.29, 0.717) is 11.3 Å². The molecular formula is C14H20FNO2. The first-order valence-corrected chi connectivity index (χ1v) is 6.25. The van der Waals surface area contributed by atoms with Gasteiger partial charge >= 0.3 is 0 Å². The molecule has 1 N–H and O–H groups in total. The van der Waals surface area contributed by atoms with E-state index in [1.165, 1.54) is 12.1 Å². The highest BCUT2D eigenvalue weighted by molar-refractivity contribution is 5.77. The summed E-state index contributed by atoms with van der Waals surface area (Å²) in [5.41, 5.74) is 0.507. The average molecular weight is 253 g/mol. The van der Waals surface area contributed by atoms with Gasteiger partial charge in [-0.3, -0.25) is 4.79 Å². The molecule has 1 aromatic rings. The van der Waals surface area contributed by atoms with Crippen LogP contribution in [0.5, 0.6) is 5.75 Å². The van der Waals surface area contributed by atoms with Crippen LogP contribution in [-0.2, 0) is 4.79 Å². The average Bonchev–Trinajstić information content (AvgIpc) is 2.37. The van der Waals surface area contributed by atoms with Gasteiger partial charge in [-0.15, -0.1) is 0 Å². The maximum atomic E-state index is 13.0. The molecule has 0 atom stereocenters. The minimum absolute atomic E-state index is 0.0401. The first-order valence-electron chi connectivity index (χ1n) is 6.25. The van der Waals surface area contributed by atoms with Crippen LogP contribution in [0, 0.1) is 12.7 Å². The Kier molecular flexibility index (Phi) is 5.62. The van der Waals surface area contributed by atoms with Gasteiger partial charge in [0.05, 0.1) is 0 Å². The third-order valence-corrected chi connectivity index (χ3v) is 2.85. The standard InChI is InChI=1S/C14H20FNO2/c1-4-11(5-2)16-14(17)9-18-12-6-7-13(15)10(3)8-12/h6-8,11H,4-5,9H2,1-3H3,(H,16,17). The highest BCUT2D eigenvalue weighted by Gasteiger charge is 2.09. The number of benzene rings is 1. The number of carbonyl (C=O) groups is 1. The van der Waals surface area contributed by atoms with E-state index in [1.54, 1.807) is 13.0 Å². The highest BCUT2D eigenvalue weighted by Crippen LogP contribution is 2.15. The lowest BCUT2D eigenvalue weighted by Gasteiger charge is -2.15. The number of halogens is 1. The van der Waals surface area contributed by atoms with E-state index in [4.69, 9.17) is 4.74 Å². The molecule has 4 heteroatoms. The molecule has 0 unspecified atom stereocenters. The maximum Gasteiger partial charge on any atom is 0.258 e. The van der Waals surface area contributed by atoms with E-state index in [9.17, 15) is 9.18 Å². The van der Waals surface area contributed by atoms with Gasteiger partial charge in [-0.2, -0.15) is 0 Å². The largest absolute Gasteiger partial charge is 0.484 e. The summed E-state index contributed by atoms with van der Waals surface area (Å²) >= 11 is 0. The summed E-state index contributed by atoms with van der Waals surface area (Å²) in [7, 11) is 0. The van der Waals surface area contributed by atoms with Crippen molar-refractivity contribution in [3.8, 4) is 5.75 Å². The molecule has 0 aliphatic carbocycles. The van der Waals surface area contributed by atoms with Crippen molar-refractivity contribution in [2.45, 2.75) is 39.7 Å². The smallest absolute Gasteiger partial charge is 0.258 e. The zero-order chi connectivity index (χ0) is 13.5. The van der Waals surface area contributed by atoms with Crippen molar-refractivity contribution in [3.63, 3.8) is 0 Å². The van der Waals surface area contributed by atoms with Crippen molar-refractivity contribution < 1.29 is 13.9 Å². The van der Waals surface area contributed by atoms with Gasteiger partial charge in [0.2, 0.25) is 0 Å². The van der Waals surface area contributed by atoms with Crippen LogP contribution in [0.2, 0.25) is 0 Å². The van der Waals surface area contributed by atoms with Crippen LogP contribution in [0.1, 0.15) is 32.3 Å². The van der Waals surface area contributed by atoms with Crippen LogP contribution in [0.15, 0.2) is 18.2 Å². The maximum absolute atomic E-state index is 13.0. The molecule has 18 heavy (non-hydrogen) atoms. The minimum atomic E-state index is -0.274. The summed E-state index contributed by atoms with van der Waals surface area (Å²) in [5, 5.41) is 2.87. The van der Waals surface area contributed by atoms with E-state index < -0.39 is 0 Å². The molecule has 0 saturated heterocycles. The molecule has 0 saturated carbocycles. The Labute approximate surface area is 107 Å². The molecule has 0 aliphatic rings. The normalized spacial score (nSPS) is 10.5. The zero-order valence-corrected chi connectivity index (χ0v) is 11.1. The third kappa shape index (κ3) is 4.35. The van der Waals surface area contributed by atoms with E-state index in [-0.39, 0.29) is 24.4 Å². The fourth-order valence-corrected chi connectivity index (χ4v) is 1.62. The van der Waals surface area contributed by atoms with Crippen molar-refractivity contribution in [2.24, 2.45) is 0 Å². The Morgan fingerprint density at radius 1 is 1.39 bits per heavy atom. The molecule has 100 valence electrons. The second kappa shape index (κ2) is 6.99. The van der Waals surface area contributed by atoms with Gasteiger partial charge in [-0.25, -0.2) is 4.39 Å². The van der Waals surface area contributed by atoms with E-state index >= 15 is 0 Å². The second-order valence-electron chi connectivity index (χ2n) is 4.28. The van der Waals surface area contributed by atoms with Crippen molar-refractivity contribution in [3.05, 3.63) is 29.6 Å². The SMILES string of the molecule is CCC(CC)NC(=O)COc1ccc(F)c(C)c1. The van der Waals surface area contributed by atoms with Crippen molar-refractivity contribution in [1.29, 1.82) is 0 Å². The highest BCUT2D eigenvalue weighted by atomic mass is 19.1. The fraction of sp³-hybridized carbons (Fsp3) is 0.500. The monoisotopic (exact) mass is 253 g/mol. The van der Waals surface area contributed by atoms with Gasteiger partial charge in [0.1, 0.15) is 11.6 Å². The number of aryl methyl sites for hydroxylation is 1. The van der Waals surface area contributed by atoms with E-state index in [1.807, 2.05) is 13.8 Å². The molecule has 1 rings (SSSR count). The molecule has 0 bridgehead atoms. The van der Waals surface area contributed by atoms with Gasteiger partial charge in [0, 0.05) is 6.04 Å². The second-order valence-corrected chi connectivity index (χ2v) is 4.28. The summed E-state index contributed by atoms with van der Waals surface area (Å²) in [5.74, 6) is 0.0862. The Hall–Kier alpha value is -1.58. The summed E-state index contributed by atoms with van der Waals surface area (Å²) in [6.07, 6.45) is 1.80. The summed E-state index contributed by atoms with van der Waals surface area (Å²) in [4.78, 5) is 11.6. The molecule has 0 fully saturated rings. The van der Waals surface area contributed by atoms with E-state index in [2.05, 4.69) is 5.32 Å². The predicted molar refractivity (Wildman–Crippen MR) is 69.1 cm³/mol. The Bertz CT molecular complexity index is 403. The Morgan fingerprint density at radius 2 is 2.06 bits per heavy atom. The van der Waals surface area contributed by atoms with Crippen LogP contribution in [0.3, 0.4) is 0 Å². The molecule has 0 spiro atoms. The number of rotatable bonds is 6. The molecule has 3 nitrogen and oxygen atoms in total. The van der Waals surface area contributed by atoms with Gasteiger partial charge in [-0.1, -0.05) is 13.8 Å². The predicted octanol–water partition coefficient (Wildman–Crippen LogP) is 2.82. The lowest BCUT2D eigenvalue weighted by Crippen LogP contribution is -2.37. The molecule has 0 heterocycles. The number of ether oxygens (including phenoxy) is 1. The Morgan fingerprint density at radius 3 is 2.61 bits per heavy atom. The van der Waals surface area contributed by atoms with Gasteiger partial charge in [0.15, 0.2) is 6.61 Å². The number of carbonyl (C=O) groups excluding carboxylic acids is 1.